The maximum Gasteiger partial charge on any atom is 0.433 e. The normalized spacial score (nSPS) is 19.9. The lowest BCUT2D eigenvalue weighted by atomic mass is 10.2. The number of nitrogens with two attached hydrogens (primary N) is 1. The summed E-state index contributed by atoms with van der Waals surface area (Å²) in [4.78, 5) is 7.76. The Morgan fingerprint density at radius 3 is 2.60 bits per heavy atom. The highest BCUT2D eigenvalue weighted by Crippen LogP contribution is 2.31. The third-order valence-electron chi connectivity index (χ3n) is 3.66. The van der Waals surface area contributed by atoms with E-state index in [2.05, 4.69) is 9.88 Å². The first-order chi connectivity index (χ1) is 9.32. The second-order valence-corrected chi connectivity index (χ2v) is 5.23. The van der Waals surface area contributed by atoms with Crippen LogP contribution in [0.25, 0.3) is 0 Å². The molecule has 1 aliphatic rings. The van der Waals surface area contributed by atoms with Gasteiger partial charge in [-0.1, -0.05) is 6.07 Å². The van der Waals surface area contributed by atoms with Gasteiger partial charge in [0, 0.05) is 31.2 Å². The van der Waals surface area contributed by atoms with Gasteiger partial charge < -0.3 is 15.5 Å². The molecule has 4 nitrogen and oxygen atoms in total. The number of pyridine rings is 1. The van der Waals surface area contributed by atoms with Crippen molar-refractivity contribution in [1.82, 2.24) is 9.88 Å². The third-order valence-corrected chi connectivity index (χ3v) is 3.66. The van der Waals surface area contributed by atoms with Crippen molar-refractivity contribution in [2.45, 2.75) is 25.2 Å². The van der Waals surface area contributed by atoms with Gasteiger partial charge in [0.05, 0.1) is 0 Å². The summed E-state index contributed by atoms with van der Waals surface area (Å²) in [6.45, 7) is 1.56. The molecule has 0 spiro atoms. The van der Waals surface area contributed by atoms with Gasteiger partial charge in [-0.15, -0.1) is 0 Å². The molecule has 1 aromatic heterocycles. The number of likely N-dealkylation sites (N-methyl/N-ethyl adjacent to an activating group) is 1. The Morgan fingerprint density at radius 1 is 1.40 bits per heavy atom. The summed E-state index contributed by atoms with van der Waals surface area (Å²) >= 11 is 0. The summed E-state index contributed by atoms with van der Waals surface area (Å²) in [7, 11) is 3.94. The highest BCUT2D eigenvalue weighted by molar-refractivity contribution is 5.49. The van der Waals surface area contributed by atoms with E-state index in [1.807, 2.05) is 19.0 Å². The van der Waals surface area contributed by atoms with Crippen LogP contribution in [0.5, 0.6) is 0 Å². The van der Waals surface area contributed by atoms with Crippen molar-refractivity contribution in [1.29, 1.82) is 0 Å². The highest BCUT2D eigenvalue weighted by atomic mass is 19.4. The summed E-state index contributed by atoms with van der Waals surface area (Å²) < 4.78 is 38.3. The number of rotatable bonds is 3. The van der Waals surface area contributed by atoms with E-state index in [-0.39, 0.29) is 6.54 Å². The SMILES string of the molecule is CN(C)C1CCN(c2nc(C(F)(F)F)ccc2CN)C1. The van der Waals surface area contributed by atoms with Gasteiger partial charge in [-0.2, -0.15) is 13.2 Å². The summed E-state index contributed by atoms with van der Waals surface area (Å²) in [5, 5.41) is 0. The molecular weight excluding hydrogens is 269 g/mol. The first-order valence-corrected chi connectivity index (χ1v) is 6.51. The minimum Gasteiger partial charge on any atom is -0.355 e. The maximum atomic E-state index is 12.8. The van der Waals surface area contributed by atoms with Gasteiger partial charge in [-0.05, 0) is 26.6 Å². The fourth-order valence-electron chi connectivity index (χ4n) is 2.42. The minimum absolute atomic E-state index is 0.184. The Hall–Kier alpha value is -1.34. The zero-order valence-electron chi connectivity index (χ0n) is 11.6. The standard InChI is InChI=1S/C13H19F3N4/c1-19(2)10-5-6-20(8-10)12-9(7-17)3-4-11(18-12)13(14,15)16/h3-4,10H,5-8,17H2,1-2H3. The smallest absolute Gasteiger partial charge is 0.355 e. The Balaban J connectivity index is 2.30. The predicted molar refractivity (Wildman–Crippen MR) is 71.4 cm³/mol. The Bertz CT molecular complexity index is 473. The van der Waals surface area contributed by atoms with E-state index < -0.39 is 11.9 Å². The third kappa shape index (κ3) is 3.04. The number of halogens is 3. The summed E-state index contributed by atoms with van der Waals surface area (Å²) in [6, 6.07) is 2.75. The van der Waals surface area contributed by atoms with E-state index in [1.165, 1.54) is 6.07 Å². The van der Waals surface area contributed by atoms with E-state index >= 15 is 0 Å². The van der Waals surface area contributed by atoms with E-state index in [9.17, 15) is 13.2 Å². The Morgan fingerprint density at radius 2 is 2.10 bits per heavy atom. The first-order valence-electron chi connectivity index (χ1n) is 6.51. The van der Waals surface area contributed by atoms with Crippen molar-refractivity contribution in [3.8, 4) is 0 Å². The number of nitrogens with zero attached hydrogens (tertiary/aromatic N) is 3. The fourth-order valence-corrected chi connectivity index (χ4v) is 2.42. The van der Waals surface area contributed by atoms with Gasteiger partial charge in [0.25, 0.3) is 0 Å². The zero-order valence-corrected chi connectivity index (χ0v) is 11.6. The van der Waals surface area contributed by atoms with Gasteiger partial charge in [-0.25, -0.2) is 4.98 Å². The molecule has 112 valence electrons. The van der Waals surface area contributed by atoms with Crippen LogP contribution in [0.3, 0.4) is 0 Å². The van der Waals surface area contributed by atoms with Crippen molar-refractivity contribution in [2.24, 2.45) is 5.73 Å². The molecule has 1 atom stereocenters. The molecular formula is C13H19F3N4. The van der Waals surface area contributed by atoms with E-state index in [4.69, 9.17) is 5.73 Å². The molecule has 1 fully saturated rings. The quantitative estimate of drug-likeness (QED) is 0.919. The number of alkyl halides is 3. The van der Waals surface area contributed by atoms with Crippen LogP contribution < -0.4 is 10.6 Å². The number of aromatic nitrogens is 1. The van der Waals surface area contributed by atoms with E-state index in [1.54, 1.807) is 0 Å². The summed E-state index contributed by atoms with van der Waals surface area (Å²) in [6.07, 6.45) is -3.52. The Labute approximate surface area is 116 Å². The number of hydrogen-bond donors (Lipinski definition) is 1. The second-order valence-electron chi connectivity index (χ2n) is 5.23. The predicted octanol–water partition coefficient (Wildman–Crippen LogP) is 1.70. The van der Waals surface area contributed by atoms with Gasteiger partial charge in [-0.3, -0.25) is 0 Å². The molecule has 20 heavy (non-hydrogen) atoms. The zero-order chi connectivity index (χ0) is 14.9. The van der Waals surface area contributed by atoms with Crippen LogP contribution in [0.2, 0.25) is 0 Å². The Kier molecular flexibility index (Phi) is 4.19. The molecule has 0 saturated carbocycles. The van der Waals surface area contributed by atoms with Crippen molar-refractivity contribution in [2.75, 3.05) is 32.1 Å². The largest absolute Gasteiger partial charge is 0.433 e. The van der Waals surface area contributed by atoms with Crippen LogP contribution in [-0.2, 0) is 12.7 Å². The van der Waals surface area contributed by atoms with Crippen molar-refractivity contribution in [3.63, 3.8) is 0 Å². The second kappa shape index (κ2) is 5.57. The molecule has 2 heterocycles. The van der Waals surface area contributed by atoms with Crippen LogP contribution in [0.4, 0.5) is 19.0 Å². The molecule has 7 heteroatoms. The first kappa shape index (κ1) is 15.1. The van der Waals surface area contributed by atoms with Crippen LogP contribution in [-0.4, -0.2) is 43.1 Å². The van der Waals surface area contributed by atoms with Gasteiger partial charge in [0.15, 0.2) is 0 Å². The van der Waals surface area contributed by atoms with Crippen molar-refractivity contribution < 1.29 is 13.2 Å². The van der Waals surface area contributed by atoms with E-state index in [0.717, 1.165) is 12.5 Å². The molecule has 1 aromatic rings. The van der Waals surface area contributed by atoms with Crippen molar-refractivity contribution >= 4 is 5.82 Å². The molecule has 0 aromatic carbocycles. The molecule has 1 aliphatic heterocycles. The number of anilines is 1. The molecule has 1 unspecified atom stereocenters. The molecule has 0 aliphatic carbocycles. The molecule has 0 amide bonds. The van der Waals surface area contributed by atoms with Crippen molar-refractivity contribution in [3.05, 3.63) is 23.4 Å². The van der Waals surface area contributed by atoms with Crippen LogP contribution in [0, 0.1) is 0 Å². The van der Waals surface area contributed by atoms with E-state index in [0.29, 0.717) is 30.5 Å². The summed E-state index contributed by atoms with van der Waals surface area (Å²) in [5.74, 6) is 0.367. The average molecular weight is 288 g/mol. The molecule has 0 radical (unpaired) electrons. The lowest BCUT2D eigenvalue weighted by Gasteiger charge is -2.23. The molecule has 0 bridgehead atoms. The topological polar surface area (TPSA) is 45.4 Å². The van der Waals surface area contributed by atoms with Crippen LogP contribution >= 0.6 is 0 Å². The fraction of sp³-hybridized carbons (Fsp3) is 0.615. The highest BCUT2D eigenvalue weighted by Gasteiger charge is 2.34. The lowest BCUT2D eigenvalue weighted by molar-refractivity contribution is -0.141. The van der Waals surface area contributed by atoms with Crippen LogP contribution in [0.15, 0.2) is 12.1 Å². The summed E-state index contributed by atoms with van der Waals surface area (Å²) in [5.41, 5.74) is 5.40. The molecule has 1 saturated heterocycles. The van der Waals surface area contributed by atoms with Gasteiger partial charge >= 0.3 is 6.18 Å². The average Bonchev–Trinajstić information content (AvgIpc) is 2.86. The minimum atomic E-state index is -4.43. The molecule has 2 N–H and O–H groups in total. The molecule has 2 rings (SSSR count). The van der Waals surface area contributed by atoms with Gasteiger partial charge in [0.1, 0.15) is 11.5 Å². The van der Waals surface area contributed by atoms with Gasteiger partial charge in [0.2, 0.25) is 0 Å². The maximum absolute atomic E-state index is 12.8. The monoisotopic (exact) mass is 288 g/mol. The lowest BCUT2D eigenvalue weighted by Crippen LogP contribution is -2.32. The van der Waals surface area contributed by atoms with Crippen LogP contribution in [0.1, 0.15) is 17.7 Å². The number of hydrogen-bond acceptors (Lipinski definition) is 4.